The molecule has 80 valence electrons. The minimum Gasteiger partial charge on any atom is -0.353 e. The lowest BCUT2D eigenvalue weighted by molar-refractivity contribution is -0.120. The average Bonchev–Trinajstić information content (AvgIpc) is 2.86. The first kappa shape index (κ1) is 10.6. The minimum atomic E-state index is 0.122. The summed E-state index contributed by atoms with van der Waals surface area (Å²) in [5.41, 5.74) is 1.04. The number of benzene rings is 1. The maximum atomic E-state index is 11.6. The summed E-state index contributed by atoms with van der Waals surface area (Å²) in [6.07, 6.45) is 1.60. The van der Waals surface area contributed by atoms with Gasteiger partial charge in [-0.15, -0.1) is 12.6 Å². The third kappa shape index (κ3) is 2.99. The van der Waals surface area contributed by atoms with E-state index in [1.54, 1.807) is 0 Å². The van der Waals surface area contributed by atoms with Crippen LogP contribution in [0.2, 0.25) is 0 Å². The van der Waals surface area contributed by atoms with Gasteiger partial charge in [0.15, 0.2) is 0 Å². The molecule has 0 aliphatic heterocycles. The largest absolute Gasteiger partial charge is 0.353 e. The molecule has 1 aromatic carbocycles. The Labute approximate surface area is 95.5 Å². The highest BCUT2D eigenvalue weighted by Crippen LogP contribution is 2.28. The van der Waals surface area contributed by atoms with Crippen LogP contribution in [0, 0.1) is 5.92 Å². The molecule has 1 amide bonds. The van der Waals surface area contributed by atoms with Crippen molar-refractivity contribution in [1.82, 2.24) is 5.32 Å². The highest BCUT2D eigenvalue weighted by molar-refractivity contribution is 7.80. The highest BCUT2D eigenvalue weighted by Gasteiger charge is 2.33. The Balaban J connectivity index is 1.85. The van der Waals surface area contributed by atoms with Gasteiger partial charge in [-0.1, -0.05) is 19.1 Å². The van der Waals surface area contributed by atoms with Gasteiger partial charge in [0.2, 0.25) is 5.91 Å². The molecule has 1 aliphatic carbocycles. The van der Waals surface area contributed by atoms with Gasteiger partial charge in [-0.05, 0) is 30.0 Å². The zero-order valence-electron chi connectivity index (χ0n) is 8.73. The number of carbonyl (C=O) groups excluding carboxylic acids is 1. The Hall–Kier alpha value is -0.960. The third-order valence-electron chi connectivity index (χ3n) is 2.76. The summed E-state index contributed by atoms with van der Waals surface area (Å²) < 4.78 is 0. The van der Waals surface area contributed by atoms with Gasteiger partial charge in [0, 0.05) is 10.9 Å². The second-order valence-electron chi connectivity index (χ2n) is 4.23. The fourth-order valence-electron chi connectivity index (χ4n) is 1.58. The van der Waals surface area contributed by atoms with Crippen molar-refractivity contribution in [1.29, 1.82) is 0 Å². The van der Waals surface area contributed by atoms with E-state index in [1.807, 2.05) is 24.3 Å². The maximum absolute atomic E-state index is 11.6. The van der Waals surface area contributed by atoms with Gasteiger partial charge in [-0.3, -0.25) is 4.79 Å². The lowest BCUT2D eigenvalue weighted by atomic mass is 10.1. The first-order chi connectivity index (χ1) is 7.15. The van der Waals surface area contributed by atoms with E-state index in [-0.39, 0.29) is 5.91 Å². The summed E-state index contributed by atoms with van der Waals surface area (Å²) in [7, 11) is 0. The van der Waals surface area contributed by atoms with Crippen LogP contribution in [-0.4, -0.2) is 11.9 Å². The number of amides is 1. The molecule has 1 fully saturated rings. The zero-order valence-corrected chi connectivity index (χ0v) is 9.63. The second-order valence-corrected chi connectivity index (χ2v) is 4.75. The molecule has 0 saturated heterocycles. The van der Waals surface area contributed by atoms with E-state index >= 15 is 0 Å². The molecule has 3 heteroatoms. The lowest BCUT2D eigenvalue weighted by Crippen LogP contribution is -2.28. The van der Waals surface area contributed by atoms with Crippen molar-refractivity contribution in [3.8, 4) is 0 Å². The van der Waals surface area contributed by atoms with Gasteiger partial charge in [0.1, 0.15) is 0 Å². The van der Waals surface area contributed by atoms with Crippen LogP contribution in [0.25, 0.3) is 0 Å². The Kier molecular flexibility index (Phi) is 3.00. The van der Waals surface area contributed by atoms with E-state index in [0.29, 0.717) is 18.4 Å². The summed E-state index contributed by atoms with van der Waals surface area (Å²) in [6, 6.07) is 8.12. The van der Waals surface area contributed by atoms with Crippen LogP contribution in [0.5, 0.6) is 0 Å². The molecule has 1 aliphatic rings. The van der Waals surface area contributed by atoms with Crippen LogP contribution in [0.15, 0.2) is 29.2 Å². The summed E-state index contributed by atoms with van der Waals surface area (Å²) in [5, 5.41) is 3.01. The molecule has 2 atom stereocenters. The second kappa shape index (κ2) is 4.27. The van der Waals surface area contributed by atoms with Crippen LogP contribution in [0.3, 0.4) is 0 Å². The summed E-state index contributed by atoms with van der Waals surface area (Å²) >= 11 is 4.20. The van der Waals surface area contributed by atoms with E-state index in [1.165, 1.54) is 0 Å². The van der Waals surface area contributed by atoms with Crippen LogP contribution in [0.4, 0.5) is 0 Å². The van der Waals surface area contributed by atoms with Crippen LogP contribution >= 0.6 is 12.6 Å². The number of hydrogen-bond donors (Lipinski definition) is 2. The molecule has 1 aromatic rings. The van der Waals surface area contributed by atoms with Gasteiger partial charge in [-0.2, -0.15) is 0 Å². The molecule has 0 bridgehead atoms. The fraction of sp³-hybridized carbons (Fsp3) is 0.417. The molecule has 2 nitrogen and oxygen atoms in total. The van der Waals surface area contributed by atoms with Gasteiger partial charge < -0.3 is 5.32 Å². The van der Waals surface area contributed by atoms with Crippen molar-refractivity contribution in [2.75, 3.05) is 0 Å². The number of thiol groups is 1. The number of rotatable bonds is 3. The number of hydrogen-bond acceptors (Lipinski definition) is 2. The van der Waals surface area contributed by atoms with Gasteiger partial charge in [-0.25, -0.2) is 0 Å². The monoisotopic (exact) mass is 221 g/mol. The van der Waals surface area contributed by atoms with Gasteiger partial charge >= 0.3 is 0 Å². The zero-order chi connectivity index (χ0) is 10.8. The Bertz CT molecular complexity index is 360. The van der Waals surface area contributed by atoms with Crippen LogP contribution in [-0.2, 0) is 11.2 Å². The first-order valence-corrected chi connectivity index (χ1v) is 5.67. The molecular weight excluding hydrogens is 206 g/mol. The van der Waals surface area contributed by atoms with Gasteiger partial charge in [0.25, 0.3) is 0 Å². The highest BCUT2D eigenvalue weighted by atomic mass is 32.1. The predicted octanol–water partition coefficient (Wildman–Crippen LogP) is 2.04. The molecule has 0 heterocycles. The molecule has 2 rings (SSSR count). The van der Waals surface area contributed by atoms with E-state index in [4.69, 9.17) is 0 Å². The van der Waals surface area contributed by atoms with Crippen molar-refractivity contribution in [2.24, 2.45) is 5.92 Å². The smallest absolute Gasteiger partial charge is 0.224 e. The first-order valence-electron chi connectivity index (χ1n) is 5.22. The van der Waals surface area contributed by atoms with Crippen molar-refractivity contribution in [3.05, 3.63) is 29.8 Å². The molecule has 1 saturated carbocycles. The predicted molar refractivity (Wildman–Crippen MR) is 63.1 cm³/mol. The SMILES string of the molecule is CC1CC1NC(=O)Cc1ccc(S)cc1. The Morgan fingerprint density at radius 3 is 2.60 bits per heavy atom. The molecule has 15 heavy (non-hydrogen) atoms. The summed E-state index contributed by atoms with van der Waals surface area (Å²) in [4.78, 5) is 12.5. The average molecular weight is 221 g/mol. The quantitative estimate of drug-likeness (QED) is 0.751. The van der Waals surface area contributed by atoms with Crippen molar-refractivity contribution in [3.63, 3.8) is 0 Å². The molecule has 2 unspecified atom stereocenters. The number of nitrogens with one attached hydrogen (secondary N) is 1. The van der Waals surface area contributed by atoms with Gasteiger partial charge in [0.05, 0.1) is 6.42 Å². The molecule has 0 radical (unpaired) electrons. The third-order valence-corrected chi connectivity index (χ3v) is 3.06. The summed E-state index contributed by atoms with van der Waals surface area (Å²) in [6.45, 7) is 2.15. The van der Waals surface area contributed by atoms with E-state index in [2.05, 4.69) is 24.9 Å². The number of carbonyl (C=O) groups is 1. The topological polar surface area (TPSA) is 29.1 Å². The van der Waals surface area contributed by atoms with E-state index in [9.17, 15) is 4.79 Å². The van der Waals surface area contributed by atoms with E-state index in [0.717, 1.165) is 16.9 Å². The molecule has 0 aromatic heterocycles. The fourth-order valence-corrected chi connectivity index (χ4v) is 1.73. The Morgan fingerprint density at radius 2 is 2.07 bits per heavy atom. The molecular formula is C12H15NOS. The Morgan fingerprint density at radius 1 is 1.47 bits per heavy atom. The van der Waals surface area contributed by atoms with Crippen molar-refractivity contribution < 1.29 is 4.79 Å². The summed E-state index contributed by atoms with van der Waals surface area (Å²) in [5.74, 6) is 0.782. The minimum absolute atomic E-state index is 0.122. The lowest BCUT2D eigenvalue weighted by Gasteiger charge is -2.03. The molecule has 1 N–H and O–H groups in total. The van der Waals surface area contributed by atoms with Crippen LogP contribution < -0.4 is 5.32 Å². The molecule has 0 spiro atoms. The maximum Gasteiger partial charge on any atom is 0.224 e. The standard InChI is InChI=1S/C12H15NOS/c1-8-6-11(8)13-12(14)7-9-2-4-10(15)5-3-9/h2-5,8,11,15H,6-7H2,1H3,(H,13,14). The van der Waals surface area contributed by atoms with Crippen molar-refractivity contribution >= 4 is 18.5 Å². The normalized spacial score (nSPS) is 23.6. The van der Waals surface area contributed by atoms with Crippen LogP contribution in [0.1, 0.15) is 18.9 Å². The van der Waals surface area contributed by atoms with E-state index < -0.39 is 0 Å². The van der Waals surface area contributed by atoms with Crippen molar-refractivity contribution in [2.45, 2.75) is 30.7 Å².